The molecule has 2 aliphatic carbocycles. The number of aryl methyl sites for hydroxylation is 2. The van der Waals surface area contributed by atoms with Gasteiger partial charge < -0.3 is 10.8 Å². The van der Waals surface area contributed by atoms with Crippen molar-refractivity contribution in [3.8, 4) is 0 Å². The average molecular weight is 399 g/mol. The van der Waals surface area contributed by atoms with Gasteiger partial charge in [-0.2, -0.15) is 11.8 Å². The minimum absolute atomic E-state index is 0.420. The van der Waals surface area contributed by atoms with Crippen molar-refractivity contribution in [1.29, 1.82) is 0 Å². The van der Waals surface area contributed by atoms with Crippen LogP contribution >= 0.6 is 11.8 Å². The van der Waals surface area contributed by atoms with Crippen molar-refractivity contribution >= 4 is 11.8 Å². The third kappa shape index (κ3) is 5.82. The number of benzene rings is 1. The van der Waals surface area contributed by atoms with E-state index < -0.39 is 0 Å². The van der Waals surface area contributed by atoms with Crippen molar-refractivity contribution in [2.45, 2.75) is 56.9 Å². The first-order valence-electron chi connectivity index (χ1n) is 10.6. The number of thioether (sulfide) groups is 1. The van der Waals surface area contributed by atoms with Crippen LogP contribution in [0.15, 0.2) is 42.6 Å². The fourth-order valence-corrected chi connectivity index (χ4v) is 5.68. The van der Waals surface area contributed by atoms with E-state index in [0.717, 1.165) is 19.4 Å². The van der Waals surface area contributed by atoms with Crippen LogP contribution in [-0.2, 0) is 19.3 Å². The van der Waals surface area contributed by atoms with Crippen LogP contribution in [0.25, 0.3) is 0 Å². The van der Waals surface area contributed by atoms with Crippen molar-refractivity contribution in [3.05, 3.63) is 65.0 Å². The first-order chi connectivity index (χ1) is 13.8. The molecule has 4 rings (SSSR count). The number of aromatic nitrogens is 1. The molecule has 0 radical (unpaired) electrons. The van der Waals surface area contributed by atoms with E-state index in [1.807, 2.05) is 12.3 Å². The van der Waals surface area contributed by atoms with Crippen molar-refractivity contribution in [1.82, 2.24) is 4.98 Å². The van der Waals surface area contributed by atoms with E-state index in [2.05, 4.69) is 47.1 Å². The monoisotopic (exact) mass is 398 g/mol. The molecule has 1 saturated carbocycles. The molecular formula is C24H34N2OS. The molecule has 0 bridgehead atoms. The number of nitrogens with zero attached hydrogens (tertiary/aromatic N) is 1. The Morgan fingerprint density at radius 2 is 2.00 bits per heavy atom. The second kappa shape index (κ2) is 11.0. The zero-order chi connectivity index (χ0) is 19.8. The van der Waals surface area contributed by atoms with Crippen LogP contribution in [0.3, 0.4) is 0 Å². The summed E-state index contributed by atoms with van der Waals surface area (Å²) in [6.45, 7) is 0. The third-order valence-corrected chi connectivity index (χ3v) is 7.29. The summed E-state index contributed by atoms with van der Waals surface area (Å²) in [5.74, 6) is 4.00. The molecule has 1 aromatic heterocycles. The number of aliphatic hydroxyl groups excluding tert-OH is 1. The van der Waals surface area contributed by atoms with E-state index in [-0.39, 0.29) is 0 Å². The van der Waals surface area contributed by atoms with Gasteiger partial charge in [-0.1, -0.05) is 24.3 Å². The van der Waals surface area contributed by atoms with E-state index in [4.69, 9.17) is 10.8 Å². The highest BCUT2D eigenvalue weighted by atomic mass is 32.2. The number of rotatable bonds is 6. The van der Waals surface area contributed by atoms with Crippen LogP contribution in [-0.4, -0.2) is 34.7 Å². The quantitative estimate of drug-likeness (QED) is 0.710. The first-order valence-corrected chi connectivity index (χ1v) is 11.7. The van der Waals surface area contributed by atoms with Gasteiger partial charge in [-0.25, -0.2) is 0 Å². The molecule has 4 heteroatoms. The predicted octanol–water partition coefficient (Wildman–Crippen LogP) is 4.37. The topological polar surface area (TPSA) is 59.1 Å². The summed E-state index contributed by atoms with van der Waals surface area (Å²) >= 11 is 2.10. The van der Waals surface area contributed by atoms with E-state index >= 15 is 0 Å². The van der Waals surface area contributed by atoms with Crippen molar-refractivity contribution in [3.63, 3.8) is 0 Å². The predicted molar refractivity (Wildman–Crippen MR) is 120 cm³/mol. The minimum atomic E-state index is 0.420. The molecule has 2 aliphatic rings. The van der Waals surface area contributed by atoms with Gasteiger partial charge >= 0.3 is 0 Å². The largest absolute Gasteiger partial charge is 0.400 e. The number of hydrogen-bond donors (Lipinski definition) is 2. The fourth-order valence-electron chi connectivity index (χ4n) is 4.54. The molecular weight excluding hydrogens is 364 g/mol. The number of nitrogens with two attached hydrogens (primary N) is 1. The first kappa shape index (κ1) is 21.4. The Bertz CT molecular complexity index is 722. The summed E-state index contributed by atoms with van der Waals surface area (Å²) in [6, 6.07) is 13.9. The molecule has 1 aromatic carbocycles. The minimum Gasteiger partial charge on any atom is -0.400 e. The Morgan fingerprint density at radius 3 is 2.75 bits per heavy atom. The SMILES string of the molecule is CO.NC1CCC(c2ccc3c(c2)CCC(CSCCc2ccccn2)C3)C1. The maximum absolute atomic E-state index is 7.00. The lowest BCUT2D eigenvalue weighted by Crippen LogP contribution is -2.17. The second-order valence-corrected chi connectivity index (χ2v) is 9.20. The van der Waals surface area contributed by atoms with Gasteiger partial charge in [0.2, 0.25) is 0 Å². The molecule has 152 valence electrons. The van der Waals surface area contributed by atoms with Gasteiger partial charge in [0.25, 0.3) is 0 Å². The molecule has 0 aliphatic heterocycles. The zero-order valence-electron chi connectivity index (χ0n) is 17.0. The van der Waals surface area contributed by atoms with Gasteiger partial charge in [0.05, 0.1) is 0 Å². The van der Waals surface area contributed by atoms with Gasteiger partial charge in [0.1, 0.15) is 0 Å². The number of pyridine rings is 1. The van der Waals surface area contributed by atoms with Crippen LogP contribution in [0.2, 0.25) is 0 Å². The van der Waals surface area contributed by atoms with E-state index in [1.54, 1.807) is 16.7 Å². The van der Waals surface area contributed by atoms with Crippen LogP contribution in [0.4, 0.5) is 0 Å². The molecule has 0 saturated heterocycles. The van der Waals surface area contributed by atoms with Crippen LogP contribution in [0.5, 0.6) is 0 Å². The zero-order valence-corrected chi connectivity index (χ0v) is 17.8. The smallest absolute Gasteiger partial charge is 0.0411 e. The molecule has 28 heavy (non-hydrogen) atoms. The Labute approximate surface area is 174 Å². The van der Waals surface area contributed by atoms with Crippen molar-refractivity contribution in [2.75, 3.05) is 18.6 Å². The molecule has 3 unspecified atom stereocenters. The average Bonchev–Trinajstić information content (AvgIpc) is 3.19. The van der Waals surface area contributed by atoms with Gasteiger partial charge in [-0.3, -0.25) is 4.98 Å². The molecule has 0 spiro atoms. The molecule has 0 amide bonds. The summed E-state index contributed by atoms with van der Waals surface area (Å²) < 4.78 is 0. The van der Waals surface area contributed by atoms with Crippen LogP contribution in [0, 0.1) is 5.92 Å². The lowest BCUT2D eigenvalue weighted by molar-refractivity contribution is 0.399. The van der Waals surface area contributed by atoms with Crippen molar-refractivity contribution < 1.29 is 5.11 Å². The van der Waals surface area contributed by atoms with Gasteiger partial charge in [-0.05, 0) is 97.1 Å². The Kier molecular flexibility index (Phi) is 8.38. The second-order valence-electron chi connectivity index (χ2n) is 8.05. The molecule has 3 nitrogen and oxygen atoms in total. The fraction of sp³-hybridized carbons (Fsp3) is 0.542. The molecule has 2 aromatic rings. The van der Waals surface area contributed by atoms with E-state index in [9.17, 15) is 0 Å². The summed E-state index contributed by atoms with van der Waals surface area (Å²) in [4.78, 5) is 4.42. The van der Waals surface area contributed by atoms with Gasteiger partial charge in [0.15, 0.2) is 0 Å². The molecule has 1 fully saturated rings. The Hall–Kier alpha value is -1.36. The van der Waals surface area contributed by atoms with E-state index in [1.165, 1.54) is 55.7 Å². The highest BCUT2D eigenvalue weighted by Gasteiger charge is 2.25. The van der Waals surface area contributed by atoms with Gasteiger partial charge in [-0.15, -0.1) is 0 Å². The standard InChI is InChI=1S/C23H30N2S.CH4O/c24-22-9-8-21(15-22)20-7-6-18-13-17(4-5-19(18)14-20)16-26-12-10-23-3-1-2-11-25-23;1-2/h1-3,6-7,11,14,17,21-22H,4-5,8-10,12-13,15-16,24H2;2H,1H3. The number of fused-ring (bicyclic) bond motifs is 1. The highest BCUT2D eigenvalue weighted by Crippen LogP contribution is 2.36. The van der Waals surface area contributed by atoms with Crippen LogP contribution in [0.1, 0.15) is 54.0 Å². The van der Waals surface area contributed by atoms with E-state index in [0.29, 0.717) is 12.0 Å². The third-order valence-electron chi connectivity index (χ3n) is 6.09. The van der Waals surface area contributed by atoms with Crippen LogP contribution < -0.4 is 5.73 Å². The van der Waals surface area contributed by atoms with Gasteiger partial charge in [0, 0.05) is 25.0 Å². The lowest BCUT2D eigenvalue weighted by Gasteiger charge is -2.25. The molecule has 3 N–H and O–H groups in total. The molecule has 1 heterocycles. The summed E-state index contributed by atoms with van der Waals surface area (Å²) in [7, 11) is 1.00. The summed E-state index contributed by atoms with van der Waals surface area (Å²) in [5.41, 5.74) is 12.1. The van der Waals surface area contributed by atoms with Crippen molar-refractivity contribution in [2.24, 2.45) is 11.7 Å². The number of aliphatic hydroxyl groups is 1. The highest BCUT2D eigenvalue weighted by molar-refractivity contribution is 7.99. The summed E-state index contributed by atoms with van der Waals surface area (Å²) in [5, 5.41) is 7.00. The molecule has 3 atom stereocenters. The Balaban J connectivity index is 0.00000109. The maximum atomic E-state index is 7.00. The lowest BCUT2D eigenvalue weighted by atomic mass is 9.82. The Morgan fingerprint density at radius 1 is 1.11 bits per heavy atom. The number of hydrogen-bond acceptors (Lipinski definition) is 4. The maximum Gasteiger partial charge on any atom is 0.0411 e. The summed E-state index contributed by atoms with van der Waals surface area (Å²) in [6.07, 6.45) is 10.5. The normalized spacial score (nSPS) is 23.6.